The van der Waals surface area contributed by atoms with Gasteiger partial charge in [0.15, 0.2) is 6.29 Å². The van der Waals surface area contributed by atoms with Crippen LogP contribution in [0.4, 0.5) is 4.79 Å². The molecule has 0 unspecified atom stereocenters. The molecular weight excluding hydrogens is 370 g/mol. The van der Waals surface area contributed by atoms with Gasteiger partial charge >= 0.3 is 6.09 Å². The summed E-state index contributed by atoms with van der Waals surface area (Å²) in [6.45, 7) is 1.00. The second kappa shape index (κ2) is 7.52. The highest BCUT2D eigenvalue weighted by molar-refractivity contribution is 5.81. The number of rotatable bonds is 7. The van der Waals surface area contributed by atoms with Gasteiger partial charge in [0.05, 0.1) is 6.61 Å². The normalized spacial score (nSPS) is 21.3. The summed E-state index contributed by atoms with van der Waals surface area (Å²) in [6, 6.07) is 13.8. The second-order valence-electron chi connectivity index (χ2n) is 7.88. The third kappa shape index (κ3) is 3.38. The Hall–Kier alpha value is -2.86. The van der Waals surface area contributed by atoms with Crippen molar-refractivity contribution in [3.8, 4) is 16.9 Å². The summed E-state index contributed by atoms with van der Waals surface area (Å²) in [7, 11) is 1.64. The summed E-state index contributed by atoms with van der Waals surface area (Å²) in [5.74, 6) is 0.768. The van der Waals surface area contributed by atoms with Gasteiger partial charge in [-0.3, -0.25) is 0 Å². The molecule has 4 rings (SSSR count). The number of hydrogen-bond donors (Lipinski definition) is 2. The van der Waals surface area contributed by atoms with E-state index in [1.807, 2.05) is 36.4 Å². The van der Waals surface area contributed by atoms with Gasteiger partial charge in [0.2, 0.25) is 0 Å². The van der Waals surface area contributed by atoms with E-state index in [0.717, 1.165) is 60.0 Å². The first-order valence-electron chi connectivity index (χ1n) is 9.87. The van der Waals surface area contributed by atoms with Gasteiger partial charge in [0, 0.05) is 12.5 Å². The summed E-state index contributed by atoms with van der Waals surface area (Å²) in [6.07, 6.45) is 3.02. The van der Waals surface area contributed by atoms with E-state index in [-0.39, 0.29) is 5.41 Å². The average Bonchev–Trinajstić information content (AvgIpc) is 3.51. The molecule has 6 heteroatoms. The molecule has 0 aromatic heterocycles. The highest BCUT2D eigenvalue weighted by Crippen LogP contribution is 2.63. The highest BCUT2D eigenvalue weighted by atomic mass is 16.5. The zero-order valence-corrected chi connectivity index (χ0v) is 16.4. The van der Waals surface area contributed by atoms with Crippen molar-refractivity contribution in [1.82, 2.24) is 5.32 Å². The molecule has 2 aliphatic rings. The van der Waals surface area contributed by atoms with Gasteiger partial charge in [-0.25, -0.2) is 4.79 Å². The minimum absolute atomic E-state index is 0.281. The van der Waals surface area contributed by atoms with E-state index >= 15 is 0 Å². The van der Waals surface area contributed by atoms with Crippen molar-refractivity contribution in [3.63, 3.8) is 0 Å². The predicted molar refractivity (Wildman–Crippen MR) is 108 cm³/mol. The Labute approximate surface area is 169 Å². The number of benzene rings is 2. The summed E-state index contributed by atoms with van der Waals surface area (Å²) in [4.78, 5) is 23.7. The van der Waals surface area contributed by atoms with Crippen LogP contribution in [0.25, 0.3) is 11.1 Å². The van der Waals surface area contributed by atoms with Crippen LogP contribution in [-0.4, -0.2) is 37.8 Å². The summed E-state index contributed by atoms with van der Waals surface area (Å²) in [5.41, 5.74) is 2.40. The first-order chi connectivity index (χ1) is 14.0. The fraction of sp³-hybridized carbons (Fsp3) is 0.391. The molecule has 0 bridgehead atoms. The lowest BCUT2D eigenvalue weighted by molar-refractivity contribution is -0.116. The molecule has 1 atom stereocenters. The van der Waals surface area contributed by atoms with E-state index in [1.165, 1.54) is 0 Å². The Morgan fingerprint density at radius 3 is 2.62 bits per heavy atom. The van der Waals surface area contributed by atoms with Gasteiger partial charge in [-0.1, -0.05) is 30.3 Å². The molecule has 0 saturated heterocycles. The van der Waals surface area contributed by atoms with Gasteiger partial charge in [0.1, 0.15) is 17.9 Å². The number of aryl methyl sites for hydroxylation is 1. The maximum Gasteiger partial charge on any atom is 0.405 e. The Morgan fingerprint density at radius 1 is 1.14 bits per heavy atom. The summed E-state index contributed by atoms with van der Waals surface area (Å²) < 4.78 is 10.7. The number of carbonyl (C=O) groups excluding carboxylic acids is 1. The van der Waals surface area contributed by atoms with Crippen LogP contribution in [0, 0.1) is 5.41 Å². The number of carboxylic acid groups (broad SMARTS) is 1. The molecule has 2 aromatic carbocycles. The zero-order valence-electron chi connectivity index (χ0n) is 16.4. The monoisotopic (exact) mass is 395 g/mol. The minimum atomic E-state index is -1.17. The van der Waals surface area contributed by atoms with E-state index in [1.54, 1.807) is 7.11 Å². The van der Waals surface area contributed by atoms with Crippen LogP contribution in [0.5, 0.6) is 5.75 Å². The Morgan fingerprint density at radius 2 is 1.93 bits per heavy atom. The van der Waals surface area contributed by atoms with Crippen molar-refractivity contribution >= 4 is 12.4 Å². The third-order valence-corrected chi connectivity index (χ3v) is 6.30. The number of hydrogen-bond acceptors (Lipinski definition) is 4. The third-order valence-electron chi connectivity index (χ3n) is 6.30. The molecule has 2 N–H and O–H groups in total. The second-order valence-corrected chi connectivity index (χ2v) is 7.88. The van der Waals surface area contributed by atoms with Gasteiger partial charge < -0.3 is 24.7 Å². The molecule has 152 valence electrons. The van der Waals surface area contributed by atoms with Crippen LogP contribution in [0.1, 0.15) is 30.4 Å². The van der Waals surface area contributed by atoms with Crippen LogP contribution in [0.15, 0.2) is 42.5 Å². The largest absolute Gasteiger partial charge is 0.491 e. The predicted octanol–water partition coefficient (Wildman–Crippen LogP) is 3.77. The topological polar surface area (TPSA) is 84.9 Å². The fourth-order valence-corrected chi connectivity index (χ4v) is 4.61. The molecule has 0 aliphatic heterocycles. The lowest BCUT2D eigenvalue weighted by Crippen LogP contribution is -2.55. The van der Waals surface area contributed by atoms with Crippen LogP contribution < -0.4 is 10.1 Å². The van der Waals surface area contributed by atoms with Gasteiger partial charge in [-0.05, 0) is 60.1 Å². The number of amides is 1. The number of aldehydes is 1. The molecule has 1 fully saturated rings. The van der Waals surface area contributed by atoms with Crippen LogP contribution >= 0.6 is 0 Å². The smallest absolute Gasteiger partial charge is 0.405 e. The molecule has 2 aliphatic carbocycles. The molecule has 0 heterocycles. The Bertz CT molecular complexity index is 937. The van der Waals surface area contributed by atoms with Gasteiger partial charge in [0.25, 0.3) is 0 Å². The van der Waals surface area contributed by atoms with E-state index in [2.05, 4.69) is 11.4 Å². The van der Waals surface area contributed by atoms with Crippen LogP contribution in [0.3, 0.4) is 0 Å². The zero-order chi connectivity index (χ0) is 20.5. The maximum atomic E-state index is 12.2. The Kier molecular flexibility index (Phi) is 5.04. The fourth-order valence-electron chi connectivity index (χ4n) is 4.61. The molecule has 0 radical (unpaired) electrons. The molecule has 6 nitrogen and oxygen atoms in total. The van der Waals surface area contributed by atoms with Crippen molar-refractivity contribution in [1.29, 1.82) is 0 Å². The number of fused-ring (bicyclic) bond motifs is 1. The maximum absolute atomic E-state index is 12.2. The van der Waals surface area contributed by atoms with E-state index in [0.29, 0.717) is 13.2 Å². The number of methoxy groups -OCH3 is 1. The highest BCUT2D eigenvalue weighted by Gasteiger charge is 2.63. The molecule has 1 spiro atoms. The van der Waals surface area contributed by atoms with E-state index in [4.69, 9.17) is 9.47 Å². The quantitative estimate of drug-likeness (QED) is 0.551. The first-order valence-corrected chi connectivity index (χ1v) is 9.87. The van der Waals surface area contributed by atoms with Crippen molar-refractivity contribution in [2.24, 2.45) is 5.41 Å². The summed E-state index contributed by atoms with van der Waals surface area (Å²) in [5, 5.41) is 12.0. The molecule has 29 heavy (non-hydrogen) atoms. The Balaban J connectivity index is 1.68. The molecular formula is C23H25NO5. The van der Waals surface area contributed by atoms with Crippen molar-refractivity contribution < 1.29 is 24.2 Å². The number of carbonyl (C=O) groups is 2. The van der Waals surface area contributed by atoms with Crippen molar-refractivity contribution in [2.45, 2.75) is 31.2 Å². The first kappa shape index (κ1) is 19.5. The standard InChI is InChI=1S/C23H25NO5/c1-28-11-12-29-19-4-2-3-16(14-19)17-5-6-20-18(13-17)7-8-22(9-10-22)23(20,15-25)24-21(26)27/h2-6,13-15,24H,7-12H2,1H3,(H,26,27)/t23-/m1/s1. The number of nitrogens with one attached hydrogen (secondary N) is 1. The lowest BCUT2D eigenvalue weighted by atomic mass is 9.67. The summed E-state index contributed by atoms with van der Waals surface area (Å²) >= 11 is 0. The molecule has 1 saturated carbocycles. The van der Waals surface area contributed by atoms with Crippen LogP contribution in [-0.2, 0) is 21.5 Å². The molecule has 2 aromatic rings. The average molecular weight is 395 g/mol. The minimum Gasteiger partial charge on any atom is -0.491 e. The lowest BCUT2D eigenvalue weighted by Gasteiger charge is -2.42. The molecule has 1 amide bonds. The van der Waals surface area contributed by atoms with Crippen LogP contribution in [0.2, 0.25) is 0 Å². The number of ether oxygens (including phenoxy) is 2. The van der Waals surface area contributed by atoms with Crippen molar-refractivity contribution in [2.75, 3.05) is 20.3 Å². The SMILES string of the molecule is COCCOc1cccc(-c2ccc3c(c2)CCC2(CC2)[C@]3(C=O)NC(=O)O)c1. The van der Waals surface area contributed by atoms with Gasteiger partial charge in [-0.2, -0.15) is 0 Å². The van der Waals surface area contributed by atoms with E-state index in [9.17, 15) is 14.7 Å². The van der Waals surface area contributed by atoms with Crippen molar-refractivity contribution in [3.05, 3.63) is 53.6 Å². The van der Waals surface area contributed by atoms with E-state index < -0.39 is 11.6 Å². The van der Waals surface area contributed by atoms with Gasteiger partial charge in [-0.15, -0.1) is 0 Å².